The molecule has 6 nitrogen and oxygen atoms in total. The summed E-state index contributed by atoms with van der Waals surface area (Å²) in [5.74, 6) is 1.13. The van der Waals surface area contributed by atoms with Gasteiger partial charge in [-0.2, -0.15) is 5.10 Å². The van der Waals surface area contributed by atoms with Crippen LogP contribution in [-0.4, -0.2) is 25.8 Å². The summed E-state index contributed by atoms with van der Waals surface area (Å²) in [6.07, 6.45) is 1.55. The van der Waals surface area contributed by atoms with Crippen molar-refractivity contribution < 1.29 is 14.3 Å². The van der Waals surface area contributed by atoms with Gasteiger partial charge in [-0.25, -0.2) is 5.43 Å². The second-order valence-corrected chi connectivity index (χ2v) is 6.85. The first-order valence-corrected chi connectivity index (χ1v) is 9.53. The van der Waals surface area contributed by atoms with Gasteiger partial charge >= 0.3 is 0 Å². The number of thiophene rings is 1. The third-order valence-electron chi connectivity index (χ3n) is 3.93. The molecule has 0 aliphatic rings. The standard InChI is InChI=1S/C21H21N3O3S/c1-3-27-18-7-5-4-6-15(18)13-23-24-21(25)20-17(22)12-19(28-20)14-8-10-16(26-2)11-9-14/h4-13H,3,22H2,1-2H3,(H,24,25)/b23-13-. The SMILES string of the molecule is CCOc1ccccc1/C=N\NC(=O)c1sc(-c2ccc(OC)cc2)cc1N. The second kappa shape index (κ2) is 9.05. The molecule has 7 heteroatoms. The lowest BCUT2D eigenvalue weighted by molar-refractivity contribution is 0.0960. The van der Waals surface area contributed by atoms with Gasteiger partial charge in [0.1, 0.15) is 16.4 Å². The van der Waals surface area contributed by atoms with E-state index in [0.29, 0.717) is 22.9 Å². The third-order valence-corrected chi connectivity index (χ3v) is 5.13. The molecule has 0 saturated carbocycles. The number of hydrogen-bond donors (Lipinski definition) is 2. The normalized spacial score (nSPS) is 10.8. The third kappa shape index (κ3) is 4.50. The summed E-state index contributed by atoms with van der Waals surface area (Å²) in [6.45, 7) is 2.47. The van der Waals surface area contributed by atoms with Gasteiger partial charge in [-0.1, -0.05) is 12.1 Å². The number of nitrogen functional groups attached to an aromatic ring is 1. The van der Waals surface area contributed by atoms with Gasteiger partial charge in [0.2, 0.25) is 0 Å². The number of nitrogens with one attached hydrogen (secondary N) is 1. The number of rotatable bonds is 7. The van der Waals surface area contributed by atoms with Crippen molar-refractivity contribution in [1.82, 2.24) is 5.43 Å². The highest BCUT2D eigenvalue weighted by Crippen LogP contribution is 2.34. The summed E-state index contributed by atoms with van der Waals surface area (Å²) in [5, 5.41) is 4.04. The molecule has 0 unspecified atom stereocenters. The van der Waals surface area contributed by atoms with E-state index >= 15 is 0 Å². The molecule has 28 heavy (non-hydrogen) atoms. The Kier molecular flexibility index (Phi) is 6.29. The lowest BCUT2D eigenvalue weighted by Gasteiger charge is -2.05. The monoisotopic (exact) mass is 395 g/mol. The molecule has 0 radical (unpaired) electrons. The van der Waals surface area contributed by atoms with Crippen molar-refractivity contribution >= 4 is 29.1 Å². The molecule has 1 aromatic heterocycles. The van der Waals surface area contributed by atoms with Crippen molar-refractivity contribution in [2.24, 2.45) is 5.10 Å². The first-order chi connectivity index (χ1) is 13.6. The Hall–Kier alpha value is -3.32. The van der Waals surface area contributed by atoms with Crippen LogP contribution < -0.4 is 20.6 Å². The highest BCUT2D eigenvalue weighted by Gasteiger charge is 2.15. The molecule has 0 aliphatic carbocycles. The lowest BCUT2D eigenvalue weighted by atomic mass is 10.2. The number of hydrazone groups is 1. The van der Waals surface area contributed by atoms with E-state index < -0.39 is 0 Å². The van der Waals surface area contributed by atoms with Gasteiger partial charge in [0.05, 0.1) is 25.6 Å². The molecule has 0 atom stereocenters. The Labute approximate surface area is 167 Å². The van der Waals surface area contributed by atoms with E-state index in [-0.39, 0.29) is 5.91 Å². The van der Waals surface area contributed by atoms with Gasteiger partial charge in [-0.05, 0) is 55.0 Å². The Morgan fingerprint density at radius 2 is 1.96 bits per heavy atom. The minimum Gasteiger partial charge on any atom is -0.497 e. The maximum Gasteiger partial charge on any atom is 0.283 e. The van der Waals surface area contributed by atoms with Crippen LogP contribution in [0.25, 0.3) is 10.4 Å². The fraction of sp³-hybridized carbons (Fsp3) is 0.143. The summed E-state index contributed by atoms with van der Waals surface area (Å²) in [4.78, 5) is 13.8. The van der Waals surface area contributed by atoms with Crippen LogP contribution in [0.5, 0.6) is 11.5 Å². The van der Waals surface area contributed by atoms with E-state index in [1.54, 1.807) is 19.4 Å². The van der Waals surface area contributed by atoms with Crippen molar-refractivity contribution in [2.75, 3.05) is 19.5 Å². The molecule has 1 amide bonds. The number of methoxy groups -OCH3 is 1. The molecule has 0 aliphatic heterocycles. The number of amides is 1. The van der Waals surface area contributed by atoms with Crippen LogP contribution in [0.1, 0.15) is 22.2 Å². The molecule has 144 valence electrons. The predicted molar refractivity (Wildman–Crippen MR) is 113 cm³/mol. The first kappa shape index (κ1) is 19.4. The maximum atomic E-state index is 12.5. The average molecular weight is 395 g/mol. The lowest BCUT2D eigenvalue weighted by Crippen LogP contribution is -2.17. The zero-order chi connectivity index (χ0) is 19.9. The summed E-state index contributed by atoms with van der Waals surface area (Å²) in [5.41, 5.74) is 10.7. The zero-order valence-corrected chi connectivity index (χ0v) is 16.5. The van der Waals surface area contributed by atoms with Gasteiger partial charge in [0.15, 0.2) is 0 Å². The van der Waals surface area contributed by atoms with Crippen LogP contribution in [0.3, 0.4) is 0 Å². The van der Waals surface area contributed by atoms with Crippen molar-refractivity contribution in [3.63, 3.8) is 0 Å². The molecule has 2 aromatic carbocycles. The second-order valence-electron chi connectivity index (χ2n) is 5.79. The van der Waals surface area contributed by atoms with Gasteiger partial charge in [-0.3, -0.25) is 4.79 Å². The van der Waals surface area contributed by atoms with Crippen LogP contribution in [0.2, 0.25) is 0 Å². The van der Waals surface area contributed by atoms with Crippen LogP contribution in [0.4, 0.5) is 5.69 Å². The zero-order valence-electron chi connectivity index (χ0n) is 15.6. The van der Waals surface area contributed by atoms with Gasteiger partial charge in [0, 0.05) is 10.4 Å². The minimum absolute atomic E-state index is 0.354. The van der Waals surface area contributed by atoms with Gasteiger partial charge in [0.25, 0.3) is 5.91 Å². The van der Waals surface area contributed by atoms with Gasteiger partial charge in [-0.15, -0.1) is 11.3 Å². The number of para-hydroxylation sites is 1. The molecule has 0 spiro atoms. The summed E-state index contributed by atoms with van der Waals surface area (Å²) < 4.78 is 10.7. The molecule has 0 bridgehead atoms. The fourth-order valence-corrected chi connectivity index (χ4v) is 3.54. The quantitative estimate of drug-likeness (QED) is 0.464. The van der Waals surface area contributed by atoms with Crippen LogP contribution in [0, 0.1) is 0 Å². The number of nitrogens with zero attached hydrogens (tertiary/aromatic N) is 1. The molecule has 3 aromatic rings. The number of benzene rings is 2. The summed E-state index contributed by atoms with van der Waals surface area (Å²) in [7, 11) is 1.62. The molecule has 0 saturated heterocycles. The van der Waals surface area contributed by atoms with E-state index in [9.17, 15) is 4.79 Å². The number of carbonyl (C=O) groups excluding carboxylic acids is 1. The topological polar surface area (TPSA) is 85.9 Å². The molecule has 3 rings (SSSR count). The Bertz CT molecular complexity index is 981. The minimum atomic E-state index is -0.354. The van der Waals surface area contributed by atoms with E-state index in [0.717, 1.165) is 21.8 Å². The van der Waals surface area contributed by atoms with Crippen molar-refractivity contribution in [3.8, 4) is 21.9 Å². The number of anilines is 1. The highest BCUT2D eigenvalue weighted by atomic mass is 32.1. The Morgan fingerprint density at radius 3 is 2.68 bits per heavy atom. The number of hydrogen-bond acceptors (Lipinski definition) is 6. The highest BCUT2D eigenvalue weighted by molar-refractivity contribution is 7.18. The Morgan fingerprint density at radius 1 is 1.21 bits per heavy atom. The molecule has 3 N–H and O–H groups in total. The predicted octanol–water partition coefficient (Wildman–Crippen LogP) is 4.17. The van der Waals surface area contributed by atoms with E-state index in [4.69, 9.17) is 15.2 Å². The molecular formula is C21H21N3O3S. The van der Waals surface area contributed by atoms with Crippen molar-refractivity contribution in [2.45, 2.75) is 6.92 Å². The van der Waals surface area contributed by atoms with Crippen LogP contribution in [0.15, 0.2) is 59.7 Å². The largest absolute Gasteiger partial charge is 0.497 e. The summed E-state index contributed by atoms with van der Waals surface area (Å²) in [6, 6.07) is 16.8. The molecular weight excluding hydrogens is 374 g/mol. The molecule has 0 fully saturated rings. The van der Waals surface area contributed by atoms with Gasteiger partial charge < -0.3 is 15.2 Å². The van der Waals surface area contributed by atoms with Crippen molar-refractivity contribution in [3.05, 3.63) is 65.0 Å². The summed E-state index contributed by atoms with van der Waals surface area (Å²) >= 11 is 1.32. The maximum absolute atomic E-state index is 12.5. The van der Waals surface area contributed by atoms with Crippen LogP contribution in [-0.2, 0) is 0 Å². The number of nitrogens with two attached hydrogens (primary N) is 1. The van der Waals surface area contributed by atoms with E-state index in [2.05, 4.69) is 10.5 Å². The molecule has 1 heterocycles. The smallest absolute Gasteiger partial charge is 0.283 e. The van der Waals surface area contributed by atoms with Crippen LogP contribution >= 0.6 is 11.3 Å². The van der Waals surface area contributed by atoms with E-state index in [1.165, 1.54) is 11.3 Å². The first-order valence-electron chi connectivity index (χ1n) is 8.71. The number of ether oxygens (including phenoxy) is 2. The van der Waals surface area contributed by atoms with Crippen molar-refractivity contribution in [1.29, 1.82) is 0 Å². The number of carbonyl (C=O) groups is 1. The van der Waals surface area contributed by atoms with E-state index in [1.807, 2.05) is 55.5 Å². The fourth-order valence-electron chi connectivity index (χ4n) is 2.57. The Balaban J connectivity index is 1.72. The average Bonchev–Trinajstić information content (AvgIpc) is 3.11.